The fraction of sp³-hybridized carbons (Fsp3) is 0.444. The summed E-state index contributed by atoms with van der Waals surface area (Å²) in [5.74, 6) is 1.52. The van der Waals surface area contributed by atoms with Crippen molar-refractivity contribution in [2.75, 3.05) is 12.7 Å². The quantitative estimate of drug-likeness (QED) is 0.462. The third-order valence-electron chi connectivity index (χ3n) is 4.17. The normalized spacial score (nSPS) is 17.3. The number of rotatable bonds is 6. The highest BCUT2D eigenvalue weighted by Gasteiger charge is 2.40. The van der Waals surface area contributed by atoms with Crippen LogP contribution in [0.25, 0.3) is 11.1 Å². The smallest absolute Gasteiger partial charge is 0.417 e. The maximum absolute atomic E-state index is 13.3. The van der Waals surface area contributed by atoms with E-state index < -0.39 is 11.7 Å². The Bertz CT molecular complexity index is 678. The molecule has 3 rings (SSSR count). The van der Waals surface area contributed by atoms with E-state index in [1.54, 1.807) is 6.07 Å². The SMILES string of the molecule is FC(F)(F)C1=C/C(=C\CCCCCCCl)c2cc3c(cc21)OCO3. The van der Waals surface area contributed by atoms with E-state index >= 15 is 0 Å². The molecular formula is C18H18ClF3O2. The number of fused-ring (bicyclic) bond motifs is 2. The molecule has 0 radical (unpaired) electrons. The van der Waals surface area contributed by atoms with E-state index in [4.69, 9.17) is 21.1 Å². The Kier molecular flexibility index (Phi) is 5.09. The molecule has 6 heteroatoms. The molecular weight excluding hydrogens is 341 g/mol. The first-order valence-corrected chi connectivity index (χ1v) is 8.53. The van der Waals surface area contributed by atoms with Crippen LogP contribution in [-0.2, 0) is 0 Å². The number of hydrogen-bond acceptors (Lipinski definition) is 2. The minimum atomic E-state index is -4.39. The summed E-state index contributed by atoms with van der Waals surface area (Å²) in [6.07, 6.45) is 3.44. The summed E-state index contributed by atoms with van der Waals surface area (Å²) in [5.41, 5.74) is 0.713. The number of hydrogen-bond donors (Lipinski definition) is 0. The van der Waals surface area contributed by atoms with Gasteiger partial charge in [0.2, 0.25) is 6.79 Å². The Morgan fingerprint density at radius 2 is 1.67 bits per heavy atom. The van der Waals surface area contributed by atoms with Crippen molar-refractivity contribution in [2.24, 2.45) is 0 Å². The molecule has 24 heavy (non-hydrogen) atoms. The maximum Gasteiger partial charge on any atom is 0.417 e. The lowest BCUT2D eigenvalue weighted by Gasteiger charge is -2.10. The third-order valence-corrected chi connectivity index (χ3v) is 4.44. The Morgan fingerprint density at radius 3 is 2.33 bits per heavy atom. The van der Waals surface area contributed by atoms with Crippen LogP contribution in [0.4, 0.5) is 13.2 Å². The van der Waals surface area contributed by atoms with Crippen LogP contribution in [0.2, 0.25) is 0 Å². The molecule has 0 spiro atoms. The van der Waals surface area contributed by atoms with Gasteiger partial charge < -0.3 is 9.47 Å². The molecule has 0 N–H and O–H groups in total. The lowest BCUT2D eigenvalue weighted by atomic mass is 10.0. The number of halogens is 4. The Hall–Kier alpha value is -1.62. The molecule has 1 aliphatic carbocycles. The van der Waals surface area contributed by atoms with Crippen molar-refractivity contribution in [2.45, 2.75) is 38.3 Å². The standard InChI is InChI=1S/C18H18ClF3O2/c19-7-5-3-1-2-4-6-12-8-15(18(20,21)22)14-10-17-16(9-13(12)14)23-11-24-17/h6,8-10H,1-5,7,11H2/b12-6+. The molecule has 0 aromatic heterocycles. The number of allylic oxidation sites excluding steroid dienone is 4. The van der Waals surface area contributed by atoms with Crippen molar-refractivity contribution in [1.82, 2.24) is 0 Å². The summed E-state index contributed by atoms with van der Waals surface area (Å²) >= 11 is 5.63. The van der Waals surface area contributed by atoms with E-state index in [0.717, 1.165) is 32.1 Å². The van der Waals surface area contributed by atoms with Crippen LogP contribution in [0.1, 0.15) is 43.2 Å². The molecule has 0 atom stereocenters. The zero-order valence-electron chi connectivity index (χ0n) is 13.1. The zero-order chi connectivity index (χ0) is 17.2. The summed E-state index contributed by atoms with van der Waals surface area (Å²) < 4.78 is 50.4. The van der Waals surface area contributed by atoms with Gasteiger partial charge in [0, 0.05) is 5.88 Å². The van der Waals surface area contributed by atoms with Gasteiger partial charge in [-0.25, -0.2) is 0 Å². The van der Waals surface area contributed by atoms with E-state index in [1.165, 1.54) is 12.1 Å². The highest BCUT2D eigenvalue weighted by molar-refractivity contribution is 6.17. The minimum absolute atomic E-state index is 0.0446. The number of unbranched alkanes of at least 4 members (excludes halogenated alkanes) is 4. The second kappa shape index (κ2) is 7.09. The average Bonchev–Trinajstić information content (AvgIpc) is 3.12. The number of alkyl halides is 4. The summed E-state index contributed by atoms with van der Waals surface area (Å²) in [5, 5.41) is 0. The predicted octanol–water partition coefficient (Wildman–Crippen LogP) is 5.95. The van der Waals surface area contributed by atoms with E-state index in [1.807, 2.05) is 6.08 Å². The van der Waals surface area contributed by atoms with Crippen molar-refractivity contribution in [1.29, 1.82) is 0 Å². The fourth-order valence-corrected chi connectivity index (χ4v) is 3.16. The van der Waals surface area contributed by atoms with Crippen molar-refractivity contribution in [3.63, 3.8) is 0 Å². The van der Waals surface area contributed by atoms with Crippen LogP contribution in [0, 0.1) is 0 Å². The van der Waals surface area contributed by atoms with Gasteiger partial charge in [0.15, 0.2) is 11.5 Å². The third kappa shape index (κ3) is 3.56. The van der Waals surface area contributed by atoms with Crippen LogP contribution in [0.3, 0.4) is 0 Å². The van der Waals surface area contributed by atoms with Gasteiger partial charge in [-0.2, -0.15) is 13.2 Å². The van der Waals surface area contributed by atoms with Crippen molar-refractivity contribution >= 4 is 22.7 Å². The van der Waals surface area contributed by atoms with Gasteiger partial charge in [0.05, 0.1) is 5.57 Å². The molecule has 0 bridgehead atoms. The van der Waals surface area contributed by atoms with Crippen molar-refractivity contribution in [3.8, 4) is 11.5 Å². The van der Waals surface area contributed by atoms with E-state index in [9.17, 15) is 13.2 Å². The molecule has 130 valence electrons. The van der Waals surface area contributed by atoms with E-state index in [0.29, 0.717) is 28.5 Å². The van der Waals surface area contributed by atoms with Gasteiger partial charge in [-0.15, -0.1) is 11.6 Å². The topological polar surface area (TPSA) is 18.5 Å². The lowest BCUT2D eigenvalue weighted by Crippen LogP contribution is -2.09. The van der Waals surface area contributed by atoms with Gasteiger partial charge >= 0.3 is 6.18 Å². The number of benzene rings is 1. The van der Waals surface area contributed by atoms with E-state index in [2.05, 4.69) is 0 Å². The summed E-state index contributed by atoms with van der Waals surface area (Å²) in [6, 6.07) is 3.07. The molecule has 2 nitrogen and oxygen atoms in total. The van der Waals surface area contributed by atoms with Crippen molar-refractivity contribution < 1.29 is 22.6 Å². The second-order valence-corrected chi connectivity index (χ2v) is 6.24. The first kappa shape index (κ1) is 17.2. The molecule has 1 aromatic rings. The summed E-state index contributed by atoms with van der Waals surface area (Å²) in [4.78, 5) is 0. The molecule has 0 saturated carbocycles. The highest BCUT2D eigenvalue weighted by Crippen LogP contribution is 2.48. The lowest BCUT2D eigenvalue weighted by molar-refractivity contribution is -0.0687. The first-order chi connectivity index (χ1) is 11.5. The average molecular weight is 359 g/mol. The minimum Gasteiger partial charge on any atom is -0.454 e. The molecule has 0 unspecified atom stereocenters. The van der Waals surface area contributed by atoms with Crippen LogP contribution in [-0.4, -0.2) is 18.8 Å². The molecule has 1 heterocycles. The van der Waals surface area contributed by atoms with Gasteiger partial charge in [0.25, 0.3) is 0 Å². The Labute approximate surface area is 143 Å². The largest absolute Gasteiger partial charge is 0.454 e. The molecule has 0 fully saturated rings. The monoisotopic (exact) mass is 358 g/mol. The molecule has 1 aromatic carbocycles. The molecule has 0 amide bonds. The Morgan fingerprint density at radius 1 is 1.00 bits per heavy atom. The van der Waals surface area contributed by atoms with Gasteiger partial charge in [-0.1, -0.05) is 18.9 Å². The summed E-state index contributed by atoms with van der Waals surface area (Å²) in [7, 11) is 0. The van der Waals surface area contributed by atoms with Crippen molar-refractivity contribution in [3.05, 3.63) is 35.4 Å². The molecule has 2 aliphatic rings. The van der Waals surface area contributed by atoms with Crippen LogP contribution >= 0.6 is 11.6 Å². The number of ether oxygens (including phenoxy) is 2. The first-order valence-electron chi connectivity index (χ1n) is 8.00. The molecule has 1 aliphatic heterocycles. The fourth-order valence-electron chi connectivity index (χ4n) is 2.97. The summed E-state index contributed by atoms with van der Waals surface area (Å²) in [6.45, 7) is 0.0446. The van der Waals surface area contributed by atoms with Gasteiger partial charge in [-0.05, 0) is 54.2 Å². The zero-order valence-corrected chi connectivity index (χ0v) is 13.8. The van der Waals surface area contributed by atoms with Crippen LogP contribution in [0.15, 0.2) is 24.3 Å². The van der Waals surface area contributed by atoms with Crippen LogP contribution in [0.5, 0.6) is 11.5 Å². The highest BCUT2D eigenvalue weighted by atomic mass is 35.5. The Balaban J connectivity index is 1.82. The van der Waals surface area contributed by atoms with Gasteiger partial charge in [-0.3, -0.25) is 0 Å². The van der Waals surface area contributed by atoms with E-state index in [-0.39, 0.29) is 12.4 Å². The van der Waals surface area contributed by atoms with Crippen LogP contribution < -0.4 is 9.47 Å². The van der Waals surface area contributed by atoms with Gasteiger partial charge in [0.1, 0.15) is 0 Å². The maximum atomic E-state index is 13.3. The molecule has 0 saturated heterocycles. The predicted molar refractivity (Wildman–Crippen MR) is 88.4 cm³/mol. The second-order valence-electron chi connectivity index (χ2n) is 5.86.